The lowest BCUT2D eigenvalue weighted by Gasteiger charge is -2.28. The summed E-state index contributed by atoms with van der Waals surface area (Å²) in [4.78, 5) is 12.0. The van der Waals surface area contributed by atoms with Gasteiger partial charge >= 0.3 is 0 Å². The van der Waals surface area contributed by atoms with Crippen molar-refractivity contribution >= 4 is 5.91 Å². The van der Waals surface area contributed by atoms with Gasteiger partial charge in [0.2, 0.25) is 0 Å². The molecule has 1 aromatic rings. The van der Waals surface area contributed by atoms with E-state index in [0.717, 1.165) is 43.5 Å². The van der Waals surface area contributed by atoms with Gasteiger partial charge in [-0.05, 0) is 43.5 Å². The molecule has 0 saturated carbocycles. The molecule has 21 heavy (non-hydrogen) atoms. The van der Waals surface area contributed by atoms with Crippen molar-refractivity contribution in [3.8, 4) is 0 Å². The van der Waals surface area contributed by atoms with Gasteiger partial charge in [-0.3, -0.25) is 4.79 Å². The number of benzene rings is 1. The molecule has 0 aliphatic carbocycles. The van der Waals surface area contributed by atoms with Crippen LogP contribution in [0.2, 0.25) is 0 Å². The van der Waals surface area contributed by atoms with Crippen LogP contribution in [0.15, 0.2) is 18.2 Å². The van der Waals surface area contributed by atoms with Gasteiger partial charge in [-0.15, -0.1) is 0 Å². The fraction of sp³-hybridized carbons (Fsp3) is 0.588. The zero-order valence-electron chi connectivity index (χ0n) is 12.8. The molecule has 114 valence electrons. The fourth-order valence-electron chi connectivity index (χ4n) is 3.72. The number of hydrogen-bond donors (Lipinski definition) is 2. The van der Waals surface area contributed by atoms with Crippen molar-refractivity contribution in [1.29, 1.82) is 0 Å². The van der Waals surface area contributed by atoms with Crippen LogP contribution in [0.5, 0.6) is 0 Å². The van der Waals surface area contributed by atoms with Crippen LogP contribution < -0.4 is 10.6 Å². The Bertz CT molecular complexity index is 530. The molecule has 0 spiro atoms. The van der Waals surface area contributed by atoms with Gasteiger partial charge in [0.15, 0.2) is 0 Å². The first kappa shape index (κ1) is 14.5. The van der Waals surface area contributed by atoms with Crippen molar-refractivity contribution in [1.82, 2.24) is 10.6 Å². The minimum absolute atomic E-state index is 0.0580. The lowest BCUT2D eigenvalue weighted by atomic mass is 9.85. The fourth-order valence-corrected chi connectivity index (χ4v) is 3.72. The Labute approximate surface area is 126 Å². The number of nitrogens with one attached hydrogen (secondary N) is 2. The molecule has 4 nitrogen and oxygen atoms in total. The van der Waals surface area contributed by atoms with Crippen molar-refractivity contribution in [2.75, 3.05) is 20.2 Å². The topological polar surface area (TPSA) is 50.4 Å². The molecule has 1 fully saturated rings. The molecule has 3 unspecified atom stereocenters. The monoisotopic (exact) mass is 288 g/mol. The van der Waals surface area contributed by atoms with Gasteiger partial charge < -0.3 is 15.4 Å². The summed E-state index contributed by atoms with van der Waals surface area (Å²) in [5.74, 6) is 0.535. The van der Waals surface area contributed by atoms with Gasteiger partial charge in [-0.1, -0.05) is 19.1 Å². The molecule has 3 rings (SSSR count). The molecule has 2 heterocycles. The zero-order valence-corrected chi connectivity index (χ0v) is 12.8. The largest absolute Gasteiger partial charge is 0.378 e. The summed E-state index contributed by atoms with van der Waals surface area (Å²) in [6.45, 7) is 3.76. The van der Waals surface area contributed by atoms with Crippen molar-refractivity contribution in [2.24, 2.45) is 5.92 Å². The van der Waals surface area contributed by atoms with Crippen molar-refractivity contribution in [3.05, 3.63) is 34.9 Å². The molecule has 0 aromatic heterocycles. The number of amides is 1. The second-order valence-electron chi connectivity index (χ2n) is 5.96. The summed E-state index contributed by atoms with van der Waals surface area (Å²) in [7, 11) is 2.00. The first-order valence-electron chi connectivity index (χ1n) is 7.94. The van der Waals surface area contributed by atoms with Crippen LogP contribution in [-0.4, -0.2) is 32.2 Å². The Morgan fingerprint density at radius 3 is 3.10 bits per heavy atom. The summed E-state index contributed by atoms with van der Waals surface area (Å²) in [5.41, 5.74) is 3.19. The summed E-state index contributed by atoms with van der Waals surface area (Å²) in [6.07, 6.45) is 3.35. The SMILES string of the molecule is CCC1OCCC1C(NC)c1ccc2c(c1)C(=O)NCC2. The first-order valence-corrected chi connectivity index (χ1v) is 7.94. The number of carbonyl (C=O) groups is 1. The zero-order chi connectivity index (χ0) is 14.8. The van der Waals surface area contributed by atoms with Crippen LogP contribution in [0.4, 0.5) is 0 Å². The third-order valence-corrected chi connectivity index (χ3v) is 4.82. The molecular weight excluding hydrogens is 264 g/mol. The summed E-state index contributed by atoms with van der Waals surface area (Å²) >= 11 is 0. The van der Waals surface area contributed by atoms with Crippen LogP contribution in [-0.2, 0) is 11.2 Å². The maximum absolute atomic E-state index is 12.0. The van der Waals surface area contributed by atoms with Gasteiger partial charge in [-0.25, -0.2) is 0 Å². The number of rotatable bonds is 4. The predicted molar refractivity (Wildman–Crippen MR) is 82.4 cm³/mol. The minimum atomic E-state index is 0.0580. The normalized spacial score (nSPS) is 26.3. The standard InChI is InChI=1S/C17H24N2O2/c1-3-15-13(7-9-21-15)16(18-2)12-5-4-11-6-8-19-17(20)14(11)10-12/h4-5,10,13,15-16,18H,3,6-9H2,1-2H3,(H,19,20). The maximum Gasteiger partial charge on any atom is 0.251 e. The molecule has 0 radical (unpaired) electrons. The highest BCUT2D eigenvalue weighted by atomic mass is 16.5. The van der Waals surface area contributed by atoms with E-state index < -0.39 is 0 Å². The van der Waals surface area contributed by atoms with Gasteiger partial charge in [-0.2, -0.15) is 0 Å². The first-order chi connectivity index (χ1) is 10.2. The predicted octanol–water partition coefficient (Wildman–Crippen LogP) is 2.05. The van der Waals surface area contributed by atoms with E-state index in [9.17, 15) is 4.79 Å². The molecule has 0 bridgehead atoms. The highest BCUT2D eigenvalue weighted by molar-refractivity contribution is 5.96. The Morgan fingerprint density at radius 2 is 2.33 bits per heavy atom. The van der Waals surface area contributed by atoms with Crippen LogP contribution in [0.3, 0.4) is 0 Å². The molecule has 2 N–H and O–H groups in total. The summed E-state index contributed by atoms with van der Waals surface area (Å²) in [6, 6.07) is 6.60. The van der Waals surface area contributed by atoms with Crippen LogP contribution in [0.25, 0.3) is 0 Å². The van der Waals surface area contributed by atoms with E-state index in [1.54, 1.807) is 0 Å². The van der Waals surface area contributed by atoms with E-state index >= 15 is 0 Å². The third kappa shape index (κ3) is 2.70. The molecule has 2 aliphatic rings. The summed E-state index contributed by atoms with van der Waals surface area (Å²) < 4.78 is 5.83. The van der Waals surface area contributed by atoms with E-state index in [1.165, 1.54) is 5.56 Å². The second-order valence-corrected chi connectivity index (χ2v) is 5.96. The molecule has 1 amide bonds. The molecule has 2 aliphatic heterocycles. The number of hydrogen-bond acceptors (Lipinski definition) is 3. The summed E-state index contributed by atoms with van der Waals surface area (Å²) in [5, 5.41) is 6.36. The van der Waals surface area contributed by atoms with Gasteiger partial charge in [0.1, 0.15) is 0 Å². The van der Waals surface area contributed by atoms with Gasteiger partial charge in [0, 0.05) is 30.7 Å². The lowest BCUT2D eigenvalue weighted by molar-refractivity contribution is 0.0782. The second kappa shape index (κ2) is 6.16. The molecular formula is C17H24N2O2. The molecule has 4 heteroatoms. The third-order valence-electron chi connectivity index (χ3n) is 4.82. The molecule has 3 atom stereocenters. The Morgan fingerprint density at radius 1 is 1.48 bits per heavy atom. The highest BCUT2D eigenvalue weighted by Crippen LogP contribution is 2.35. The van der Waals surface area contributed by atoms with E-state index in [-0.39, 0.29) is 11.9 Å². The molecule has 1 saturated heterocycles. The smallest absolute Gasteiger partial charge is 0.251 e. The number of fused-ring (bicyclic) bond motifs is 1. The number of ether oxygens (including phenoxy) is 1. The van der Waals surface area contributed by atoms with Gasteiger partial charge in [0.25, 0.3) is 5.91 Å². The van der Waals surface area contributed by atoms with Crippen molar-refractivity contribution in [2.45, 2.75) is 38.3 Å². The Balaban J connectivity index is 1.90. The van der Waals surface area contributed by atoms with Crippen LogP contribution in [0, 0.1) is 5.92 Å². The minimum Gasteiger partial charge on any atom is -0.378 e. The van der Waals surface area contributed by atoms with Crippen LogP contribution >= 0.6 is 0 Å². The maximum atomic E-state index is 12.0. The van der Waals surface area contributed by atoms with E-state index in [1.807, 2.05) is 7.05 Å². The van der Waals surface area contributed by atoms with E-state index in [0.29, 0.717) is 12.0 Å². The lowest BCUT2D eigenvalue weighted by Crippen LogP contribution is -2.33. The molecule has 1 aromatic carbocycles. The van der Waals surface area contributed by atoms with Gasteiger partial charge in [0.05, 0.1) is 6.10 Å². The highest BCUT2D eigenvalue weighted by Gasteiger charge is 2.34. The average molecular weight is 288 g/mol. The van der Waals surface area contributed by atoms with Crippen LogP contribution in [0.1, 0.15) is 47.3 Å². The average Bonchev–Trinajstić information content (AvgIpc) is 2.97. The number of carbonyl (C=O) groups excluding carboxylic acids is 1. The van der Waals surface area contributed by atoms with Crippen molar-refractivity contribution in [3.63, 3.8) is 0 Å². The van der Waals surface area contributed by atoms with E-state index in [2.05, 4.69) is 35.8 Å². The van der Waals surface area contributed by atoms with Crippen molar-refractivity contribution < 1.29 is 9.53 Å². The van der Waals surface area contributed by atoms with E-state index in [4.69, 9.17) is 4.74 Å². The Kier molecular flexibility index (Phi) is 4.27. The quantitative estimate of drug-likeness (QED) is 0.891. The Hall–Kier alpha value is -1.39.